The van der Waals surface area contributed by atoms with Gasteiger partial charge in [-0.2, -0.15) is 0 Å². The molecule has 2 amide bonds. The predicted octanol–water partition coefficient (Wildman–Crippen LogP) is 2.47. The van der Waals surface area contributed by atoms with Crippen molar-refractivity contribution in [2.24, 2.45) is 5.92 Å². The van der Waals surface area contributed by atoms with Gasteiger partial charge in [0.05, 0.1) is 12.0 Å². The fraction of sp³-hybridized carbons (Fsp3) is 0.364. The Bertz CT molecular complexity index is 904. The van der Waals surface area contributed by atoms with Gasteiger partial charge in [0.1, 0.15) is 5.82 Å². The molecule has 1 N–H and O–H groups in total. The van der Waals surface area contributed by atoms with Crippen LogP contribution < -0.4 is 0 Å². The third-order valence-corrected chi connectivity index (χ3v) is 5.52. The summed E-state index contributed by atoms with van der Waals surface area (Å²) >= 11 is 0. The van der Waals surface area contributed by atoms with Crippen LogP contribution in [0.5, 0.6) is 0 Å². The largest absolute Gasteiger partial charge is 0.392 e. The van der Waals surface area contributed by atoms with E-state index in [-0.39, 0.29) is 23.5 Å². The van der Waals surface area contributed by atoms with Gasteiger partial charge in [-0.25, -0.2) is 4.39 Å². The van der Waals surface area contributed by atoms with Crippen molar-refractivity contribution in [3.05, 3.63) is 59.4 Å². The van der Waals surface area contributed by atoms with Gasteiger partial charge in [0, 0.05) is 37.3 Å². The molecule has 2 aromatic carbocycles. The summed E-state index contributed by atoms with van der Waals surface area (Å²) in [6, 6.07) is 12.1. The summed E-state index contributed by atoms with van der Waals surface area (Å²) in [7, 11) is 0. The highest BCUT2D eigenvalue weighted by Gasteiger charge is 2.44. The summed E-state index contributed by atoms with van der Waals surface area (Å²) in [6.07, 6.45) is 0.0513. The van der Waals surface area contributed by atoms with Gasteiger partial charge in [0.25, 0.3) is 5.91 Å². The van der Waals surface area contributed by atoms with Crippen molar-refractivity contribution in [3.63, 3.8) is 0 Å². The van der Waals surface area contributed by atoms with Crippen molar-refractivity contribution in [2.45, 2.75) is 19.4 Å². The number of benzene rings is 2. The maximum Gasteiger partial charge on any atom is 0.253 e. The zero-order chi connectivity index (χ0) is 19.8. The quantitative estimate of drug-likeness (QED) is 0.887. The maximum absolute atomic E-state index is 14.2. The zero-order valence-corrected chi connectivity index (χ0v) is 15.8. The minimum atomic E-state index is -0.496. The summed E-state index contributed by atoms with van der Waals surface area (Å²) in [5, 5.41) is 9.42. The van der Waals surface area contributed by atoms with Crippen LogP contribution in [0.3, 0.4) is 0 Å². The lowest BCUT2D eigenvalue weighted by Crippen LogP contribution is -2.51. The Labute approximate surface area is 163 Å². The molecule has 0 radical (unpaired) electrons. The molecule has 6 heteroatoms. The third kappa shape index (κ3) is 3.64. The van der Waals surface area contributed by atoms with Crippen LogP contribution in [-0.4, -0.2) is 59.0 Å². The fourth-order valence-electron chi connectivity index (χ4n) is 3.64. The molecule has 1 aliphatic heterocycles. The van der Waals surface area contributed by atoms with Crippen LogP contribution in [0.1, 0.15) is 22.3 Å². The van der Waals surface area contributed by atoms with Crippen LogP contribution >= 0.6 is 0 Å². The molecule has 2 unspecified atom stereocenters. The van der Waals surface area contributed by atoms with Crippen molar-refractivity contribution >= 4 is 11.8 Å². The monoisotopic (exact) mass is 382 g/mol. The fourth-order valence-corrected chi connectivity index (χ4v) is 3.64. The highest BCUT2D eigenvalue weighted by atomic mass is 19.1. The molecular formula is C22H23FN2O3. The highest BCUT2D eigenvalue weighted by Crippen LogP contribution is 2.32. The number of rotatable bonds is 3. The first-order valence-corrected chi connectivity index (χ1v) is 9.57. The van der Waals surface area contributed by atoms with Crippen molar-refractivity contribution in [1.82, 2.24) is 9.80 Å². The molecule has 1 saturated heterocycles. The second-order valence-corrected chi connectivity index (χ2v) is 7.59. The van der Waals surface area contributed by atoms with Crippen LogP contribution in [0.25, 0.3) is 11.1 Å². The molecule has 1 saturated carbocycles. The molecule has 4 rings (SSSR count). The van der Waals surface area contributed by atoms with E-state index >= 15 is 0 Å². The number of nitrogens with zero attached hydrogens (tertiary/aromatic N) is 2. The Balaban J connectivity index is 1.39. The summed E-state index contributed by atoms with van der Waals surface area (Å²) in [5.74, 6) is -0.629. The van der Waals surface area contributed by atoms with Crippen LogP contribution in [-0.2, 0) is 4.79 Å². The normalized spacial score (nSPS) is 21.5. The molecule has 2 atom stereocenters. The second-order valence-electron chi connectivity index (χ2n) is 7.59. The van der Waals surface area contributed by atoms with Gasteiger partial charge in [0.15, 0.2) is 0 Å². The molecule has 146 valence electrons. The molecule has 2 aromatic rings. The van der Waals surface area contributed by atoms with Crippen LogP contribution in [0.4, 0.5) is 4.39 Å². The van der Waals surface area contributed by atoms with Gasteiger partial charge in [-0.1, -0.05) is 24.3 Å². The first kappa shape index (κ1) is 18.6. The second kappa shape index (κ2) is 7.36. The summed E-state index contributed by atoms with van der Waals surface area (Å²) < 4.78 is 14.2. The van der Waals surface area contributed by atoms with Crippen LogP contribution in [0.15, 0.2) is 42.5 Å². The molecule has 2 fully saturated rings. The number of piperazine rings is 1. The van der Waals surface area contributed by atoms with E-state index in [0.29, 0.717) is 43.7 Å². The summed E-state index contributed by atoms with van der Waals surface area (Å²) in [4.78, 5) is 28.4. The van der Waals surface area contributed by atoms with Gasteiger partial charge >= 0.3 is 0 Å². The van der Waals surface area contributed by atoms with E-state index in [0.717, 1.165) is 11.1 Å². The van der Waals surface area contributed by atoms with Crippen LogP contribution in [0.2, 0.25) is 0 Å². The Morgan fingerprint density at radius 1 is 1.00 bits per heavy atom. The van der Waals surface area contributed by atoms with Gasteiger partial charge in [-0.15, -0.1) is 0 Å². The van der Waals surface area contributed by atoms with Crippen LogP contribution in [0, 0.1) is 18.7 Å². The summed E-state index contributed by atoms with van der Waals surface area (Å²) in [5.41, 5.74) is 2.65. The molecule has 0 aromatic heterocycles. The molecule has 5 nitrogen and oxygen atoms in total. The van der Waals surface area contributed by atoms with Crippen molar-refractivity contribution in [1.29, 1.82) is 0 Å². The Hall–Kier alpha value is -2.73. The average molecular weight is 382 g/mol. The smallest absolute Gasteiger partial charge is 0.253 e. The zero-order valence-electron chi connectivity index (χ0n) is 15.8. The number of aliphatic hydroxyl groups is 1. The number of carbonyl (C=O) groups is 2. The maximum atomic E-state index is 14.2. The van der Waals surface area contributed by atoms with Crippen molar-refractivity contribution in [3.8, 4) is 11.1 Å². The van der Waals surface area contributed by atoms with E-state index in [9.17, 15) is 19.1 Å². The minimum Gasteiger partial charge on any atom is -0.392 e. The molecule has 28 heavy (non-hydrogen) atoms. The molecule has 1 aliphatic carbocycles. The number of halogens is 1. The van der Waals surface area contributed by atoms with Crippen molar-refractivity contribution in [2.75, 3.05) is 26.2 Å². The lowest BCUT2D eigenvalue weighted by Gasteiger charge is -2.35. The van der Waals surface area contributed by atoms with E-state index in [1.54, 1.807) is 40.1 Å². The highest BCUT2D eigenvalue weighted by molar-refractivity contribution is 5.95. The molecule has 0 bridgehead atoms. The number of carbonyl (C=O) groups excluding carboxylic acids is 2. The third-order valence-electron chi connectivity index (χ3n) is 5.52. The Morgan fingerprint density at radius 3 is 2.18 bits per heavy atom. The Kier molecular flexibility index (Phi) is 4.89. The van der Waals surface area contributed by atoms with E-state index in [2.05, 4.69) is 0 Å². The van der Waals surface area contributed by atoms with Crippen molar-refractivity contribution < 1.29 is 19.1 Å². The van der Waals surface area contributed by atoms with E-state index < -0.39 is 6.10 Å². The van der Waals surface area contributed by atoms with E-state index in [1.807, 2.05) is 13.0 Å². The number of aryl methyl sites for hydroxylation is 1. The number of hydrogen-bond acceptors (Lipinski definition) is 3. The lowest BCUT2D eigenvalue weighted by molar-refractivity contribution is -0.134. The average Bonchev–Trinajstić information content (AvgIpc) is 3.44. The minimum absolute atomic E-state index is 0.0101. The first-order valence-electron chi connectivity index (χ1n) is 9.57. The van der Waals surface area contributed by atoms with Gasteiger partial charge in [-0.3, -0.25) is 9.59 Å². The topological polar surface area (TPSA) is 60.9 Å². The van der Waals surface area contributed by atoms with E-state index in [4.69, 9.17) is 0 Å². The summed E-state index contributed by atoms with van der Waals surface area (Å²) in [6.45, 7) is 3.76. The van der Waals surface area contributed by atoms with Gasteiger partial charge < -0.3 is 14.9 Å². The molecule has 0 spiro atoms. The molecule has 1 heterocycles. The molecular weight excluding hydrogens is 359 g/mol. The SMILES string of the molecule is Cc1ccc(-c2ccc(C(=O)N3CCN(C(=O)C4CC4O)CC3)cc2)c(F)c1. The molecule has 2 aliphatic rings. The first-order chi connectivity index (χ1) is 13.4. The predicted molar refractivity (Wildman–Crippen MR) is 103 cm³/mol. The van der Waals surface area contributed by atoms with E-state index in [1.165, 1.54) is 6.07 Å². The number of amides is 2. The van der Waals surface area contributed by atoms with Gasteiger partial charge in [-0.05, 0) is 42.7 Å². The number of hydrogen-bond donors (Lipinski definition) is 1. The Morgan fingerprint density at radius 2 is 1.61 bits per heavy atom. The lowest BCUT2D eigenvalue weighted by atomic mass is 10.0. The number of aliphatic hydroxyl groups excluding tert-OH is 1. The standard InChI is InChI=1S/C22H23FN2O3/c1-14-2-7-17(19(23)12-14)15-3-5-16(6-4-15)21(27)24-8-10-25(11-9-24)22(28)18-13-20(18)26/h2-7,12,18,20,26H,8-11,13H2,1H3. The van der Waals surface area contributed by atoms with Gasteiger partial charge in [0.2, 0.25) is 5.91 Å².